The summed E-state index contributed by atoms with van der Waals surface area (Å²) in [5.41, 5.74) is 0. The van der Waals surface area contributed by atoms with Crippen LogP contribution in [0.3, 0.4) is 0 Å². The predicted molar refractivity (Wildman–Crippen MR) is 59.4 cm³/mol. The van der Waals surface area contributed by atoms with Crippen molar-refractivity contribution >= 4 is 0 Å². The normalized spacial score (nSPS) is 12.8. The Morgan fingerprint density at radius 3 is 1.08 bits per heavy atom. The van der Waals surface area contributed by atoms with Crippen LogP contribution in [0.25, 0.3) is 0 Å². The van der Waals surface area contributed by atoms with Gasteiger partial charge in [0.25, 0.3) is 0 Å². The van der Waals surface area contributed by atoms with Gasteiger partial charge in [-0.25, -0.2) is 0 Å². The fraction of sp³-hybridized carbons (Fsp3) is 1.00. The molecule has 0 rings (SSSR count). The van der Waals surface area contributed by atoms with E-state index in [0.717, 1.165) is 17.8 Å². The first-order valence-electron chi connectivity index (χ1n) is 5.45. The molecule has 12 heavy (non-hydrogen) atoms. The first kappa shape index (κ1) is 14.5. The Morgan fingerprint density at radius 2 is 1.08 bits per heavy atom. The Balaban J connectivity index is 0. The van der Waals surface area contributed by atoms with Crippen LogP contribution in [0.15, 0.2) is 0 Å². The summed E-state index contributed by atoms with van der Waals surface area (Å²) in [4.78, 5) is 0. The van der Waals surface area contributed by atoms with Crippen LogP contribution in [0.1, 0.15) is 61.3 Å². The molecule has 0 saturated heterocycles. The molecule has 0 aromatic rings. The molecule has 0 fully saturated rings. The van der Waals surface area contributed by atoms with Gasteiger partial charge in [-0.2, -0.15) is 0 Å². The third-order valence-electron chi connectivity index (χ3n) is 2.60. The van der Waals surface area contributed by atoms with E-state index in [4.69, 9.17) is 0 Å². The maximum Gasteiger partial charge on any atom is -0.0422 e. The summed E-state index contributed by atoms with van der Waals surface area (Å²) in [6.45, 7) is 15.7. The maximum absolute atomic E-state index is 2.30. The second-order valence-corrected chi connectivity index (χ2v) is 4.43. The second kappa shape index (κ2) is 9.09. The summed E-state index contributed by atoms with van der Waals surface area (Å²) >= 11 is 0. The van der Waals surface area contributed by atoms with Crippen molar-refractivity contribution in [3.63, 3.8) is 0 Å². The first-order valence-corrected chi connectivity index (χ1v) is 5.45. The average molecular weight is 172 g/mol. The molecule has 0 N–H and O–H groups in total. The van der Waals surface area contributed by atoms with E-state index in [-0.39, 0.29) is 0 Å². The van der Waals surface area contributed by atoms with E-state index in [2.05, 4.69) is 48.5 Å². The Morgan fingerprint density at radius 1 is 0.750 bits per heavy atom. The number of hydrogen-bond acceptors (Lipinski definition) is 0. The molecule has 0 nitrogen and oxygen atoms in total. The molecule has 0 bridgehead atoms. The van der Waals surface area contributed by atoms with Crippen LogP contribution in [0.4, 0.5) is 0 Å². The zero-order valence-corrected chi connectivity index (χ0v) is 10.1. The van der Waals surface area contributed by atoms with E-state index < -0.39 is 0 Å². The molecule has 0 aromatic carbocycles. The Bertz CT molecular complexity index is 72.1. The van der Waals surface area contributed by atoms with Gasteiger partial charge in [0, 0.05) is 0 Å². The first-order chi connectivity index (χ1) is 5.45. The van der Waals surface area contributed by atoms with Crippen LogP contribution < -0.4 is 0 Å². The second-order valence-electron chi connectivity index (χ2n) is 4.43. The van der Waals surface area contributed by atoms with Crippen LogP contribution in [-0.4, -0.2) is 0 Å². The maximum atomic E-state index is 2.30. The average Bonchev–Trinajstić information content (AvgIpc) is 2.04. The largest absolute Gasteiger partial charge is 0.0651 e. The fourth-order valence-electron chi connectivity index (χ4n) is 0.471. The molecular formula is C12H28. The third-order valence-corrected chi connectivity index (χ3v) is 2.60. The summed E-state index contributed by atoms with van der Waals surface area (Å²) < 4.78 is 0. The molecular weight excluding hydrogens is 144 g/mol. The molecule has 1 atom stereocenters. The minimum atomic E-state index is 0.866. The van der Waals surface area contributed by atoms with Gasteiger partial charge in [-0.3, -0.25) is 0 Å². The highest BCUT2D eigenvalue weighted by Crippen LogP contribution is 2.11. The highest BCUT2D eigenvalue weighted by atomic mass is 14.1. The minimum absolute atomic E-state index is 0.866. The molecule has 0 saturated carbocycles. The lowest BCUT2D eigenvalue weighted by molar-refractivity contribution is 0.407. The monoisotopic (exact) mass is 172 g/mol. The van der Waals surface area contributed by atoms with Crippen molar-refractivity contribution in [3.8, 4) is 0 Å². The van der Waals surface area contributed by atoms with Gasteiger partial charge in [-0.1, -0.05) is 61.3 Å². The van der Waals surface area contributed by atoms with E-state index in [1.165, 1.54) is 12.8 Å². The van der Waals surface area contributed by atoms with Crippen molar-refractivity contribution < 1.29 is 0 Å². The van der Waals surface area contributed by atoms with E-state index in [0.29, 0.717) is 0 Å². The van der Waals surface area contributed by atoms with Crippen LogP contribution in [-0.2, 0) is 0 Å². The SMILES string of the molecule is CCC(C)C.CCC(C)C(C)C. The molecule has 1 unspecified atom stereocenters. The van der Waals surface area contributed by atoms with Crippen LogP contribution in [0.2, 0.25) is 0 Å². The van der Waals surface area contributed by atoms with Gasteiger partial charge < -0.3 is 0 Å². The van der Waals surface area contributed by atoms with Crippen molar-refractivity contribution in [2.75, 3.05) is 0 Å². The Kier molecular flexibility index (Phi) is 11.0. The Hall–Kier alpha value is 0. The van der Waals surface area contributed by atoms with Crippen molar-refractivity contribution in [1.29, 1.82) is 0 Å². The molecule has 0 aliphatic rings. The fourth-order valence-corrected chi connectivity index (χ4v) is 0.471. The summed E-state index contributed by atoms with van der Waals surface area (Å²) in [6.07, 6.45) is 2.62. The van der Waals surface area contributed by atoms with Crippen LogP contribution in [0.5, 0.6) is 0 Å². The molecule has 0 heterocycles. The number of rotatable bonds is 3. The van der Waals surface area contributed by atoms with Gasteiger partial charge in [0.05, 0.1) is 0 Å². The van der Waals surface area contributed by atoms with Gasteiger partial charge in [0.2, 0.25) is 0 Å². The summed E-state index contributed by atoms with van der Waals surface area (Å²) in [5.74, 6) is 2.65. The molecule has 0 aromatic heterocycles. The predicted octanol–water partition coefficient (Wildman–Crippen LogP) is 4.74. The van der Waals surface area contributed by atoms with Gasteiger partial charge in [-0.15, -0.1) is 0 Å². The number of hydrogen-bond donors (Lipinski definition) is 0. The zero-order chi connectivity index (χ0) is 10.1. The van der Waals surface area contributed by atoms with Crippen molar-refractivity contribution in [2.45, 2.75) is 61.3 Å². The van der Waals surface area contributed by atoms with Crippen molar-refractivity contribution in [2.24, 2.45) is 17.8 Å². The molecule has 0 spiro atoms. The standard InChI is InChI=1S/C7H16.C5H12/c1-5-7(4)6(2)3;1-4-5(2)3/h6-7H,5H2,1-4H3;5H,4H2,1-3H3. The topological polar surface area (TPSA) is 0 Å². The van der Waals surface area contributed by atoms with E-state index in [9.17, 15) is 0 Å². The van der Waals surface area contributed by atoms with Crippen molar-refractivity contribution in [1.82, 2.24) is 0 Å². The van der Waals surface area contributed by atoms with Crippen LogP contribution >= 0.6 is 0 Å². The minimum Gasteiger partial charge on any atom is -0.0651 e. The van der Waals surface area contributed by atoms with Crippen molar-refractivity contribution in [3.05, 3.63) is 0 Å². The van der Waals surface area contributed by atoms with Crippen LogP contribution in [0, 0.1) is 17.8 Å². The third kappa shape index (κ3) is 12.7. The van der Waals surface area contributed by atoms with Gasteiger partial charge in [0.15, 0.2) is 0 Å². The molecule has 0 amide bonds. The van der Waals surface area contributed by atoms with E-state index in [1.807, 2.05) is 0 Å². The highest BCUT2D eigenvalue weighted by Gasteiger charge is 2.01. The van der Waals surface area contributed by atoms with E-state index in [1.54, 1.807) is 0 Å². The van der Waals surface area contributed by atoms with E-state index >= 15 is 0 Å². The molecule has 0 radical (unpaired) electrons. The summed E-state index contributed by atoms with van der Waals surface area (Å²) in [5, 5.41) is 0. The van der Waals surface area contributed by atoms with Gasteiger partial charge >= 0.3 is 0 Å². The summed E-state index contributed by atoms with van der Waals surface area (Å²) in [6, 6.07) is 0. The lowest BCUT2D eigenvalue weighted by Gasteiger charge is -2.10. The molecule has 0 aliphatic heterocycles. The molecule has 76 valence electrons. The van der Waals surface area contributed by atoms with Gasteiger partial charge in [-0.05, 0) is 17.8 Å². The summed E-state index contributed by atoms with van der Waals surface area (Å²) in [7, 11) is 0. The highest BCUT2D eigenvalue weighted by molar-refractivity contribution is 4.52. The lowest BCUT2D eigenvalue weighted by atomic mass is 9.96. The van der Waals surface area contributed by atoms with Gasteiger partial charge in [0.1, 0.15) is 0 Å². The smallest absolute Gasteiger partial charge is 0.0422 e. The molecule has 0 aliphatic carbocycles. The Labute approximate surface area is 79.8 Å². The quantitative estimate of drug-likeness (QED) is 0.577. The molecule has 0 heteroatoms. The zero-order valence-electron chi connectivity index (χ0n) is 10.1. The lowest BCUT2D eigenvalue weighted by Crippen LogP contribution is -2.00.